The summed E-state index contributed by atoms with van der Waals surface area (Å²) in [6.07, 6.45) is 6.37. The van der Waals surface area contributed by atoms with Crippen molar-refractivity contribution in [1.29, 1.82) is 0 Å². The van der Waals surface area contributed by atoms with Crippen LogP contribution < -0.4 is 5.32 Å². The average molecular weight is 298 g/mol. The lowest BCUT2D eigenvalue weighted by atomic mass is 9.98. The van der Waals surface area contributed by atoms with Gasteiger partial charge >= 0.3 is 0 Å². The topological polar surface area (TPSA) is 24.9 Å². The molecule has 1 atom stereocenters. The molecular weight excluding hydrogens is 276 g/mol. The van der Waals surface area contributed by atoms with Crippen molar-refractivity contribution in [1.82, 2.24) is 10.3 Å². The van der Waals surface area contributed by atoms with Gasteiger partial charge in [-0.05, 0) is 50.1 Å². The summed E-state index contributed by atoms with van der Waals surface area (Å²) in [5.74, 6) is 0.784. The van der Waals surface area contributed by atoms with Crippen molar-refractivity contribution >= 4 is 11.3 Å². The second-order valence-corrected chi connectivity index (χ2v) is 7.22. The van der Waals surface area contributed by atoms with Crippen LogP contribution in [0.3, 0.4) is 0 Å². The number of aromatic nitrogens is 1. The molecule has 1 N–H and O–H groups in total. The van der Waals surface area contributed by atoms with Gasteiger partial charge in [0.15, 0.2) is 0 Å². The Morgan fingerprint density at radius 1 is 1.24 bits per heavy atom. The smallest absolute Gasteiger partial charge is 0.124 e. The molecule has 1 unspecified atom stereocenters. The number of rotatable bonds is 4. The van der Waals surface area contributed by atoms with Gasteiger partial charge in [0.25, 0.3) is 0 Å². The molecule has 0 aliphatic heterocycles. The molecule has 0 bridgehead atoms. The van der Waals surface area contributed by atoms with E-state index in [1.165, 1.54) is 52.4 Å². The van der Waals surface area contributed by atoms with Gasteiger partial charge in [-0.15, -0.1) is 11.3 Å². The lowest BCUT2D eigenvalue weighted by molar-refractivity contribution is 0.476. The highest BCUT2D eigenvalue weighted by molar-refractivity contribution is 7.15. The van der Waals surface area contributed by atoms with Gasteiger partial charge in [-0.25, -0.2) is 4.98 Å². The Balaban J connectivity index is 1.74. The average Bonchev–Trinajstić information content (AvgIpc) is 3.27. The minimum atomic E-state index is 0.526. The lowest BCUT2D eigenvalue weighted by Crippen LogP contribution is -2.23. The molecule has 2 nitrogen and oxygen atoms in total. The quantitative estimate of drug-likeness (QED) is 0.887. The van der Waals surface area contributed by atoms with E-state index >= 15 is 0 Å². The number of nitrogens with one attached hydrogen (secondary N) is 1. The van der Waals surface area contributed by atoms with Crippen LogP contribution in [0, 0.1) is 0 Å². The third-order valence-corrected chi connectivity index (χ3v) is 5.85. The van der Waals surface area contributed by atoms with Crippen molar-refractivity contribution in [2.45, 2.75) is 51.0 Å². The number of fused-ring (bicyclic) bond motifs is 1. The number of hydrogen-bond donors (Lipinski definition) is 1. The Kier molecular flexibility index (Phi) is 3.56. The fourth-order valence-corrected chi connectivity index (χ4v) is 4.69. The maximum atomic E-state index is 5.00. The third-order valence-electron chi connectivity index (χ3n) is 4.61. The van der Waals surface area contributed by atoms with E-state index in [2.05, 4.69) is 36.5 Å². The van der Waals surface area contributed by atoms with E-state index in [0.717, 1.165) is 18.9 Å². The van der Waals surface area contributed by atoms with E-state index in [-0.39, 0.29) is 0 Å². The highest BCUT2D eigenvalue weighted by Gasteiger charge is 2.29. The first-order valence-corrected chi connectivity index (χ1v) is 9.00. The van der Waals surface area contributed by atoms with Crippen molar-refractivity contribution in [3.8, 4) is 10.6 Å². The molecule has 0 amide bonds. The Morgan fingerprint density at radius 2 is 2.10 bits per heavy atom. The Bertz CT molecular complexity index is 642. The zero-order chi connectivity index (χ0) is 14.2. The first kappa shape index (κ1) is 13.5. The van der Waals surface area contributed by atoms with E-state index in [4.69, 9.17) is 4.98 Å². The van der Waals surface area contributed by atoms with E-state index in [9.17, 15) is 0 Å². The fourth-order valence-electron chi connectivity index (χ4n) is 3.42. The van der Waals surface area contributed by atoms with Crippen molar-refractivity contribution in [3.63, 3.8) is 0 Å². The van der Waals surface area contributed by atoms with Crippen molar-refractivity contribution in [2.24, 2.45) is 0 Å². The maximum absolute atomic E-state index is 5.00. The molecular formula is C18H22N2S. The molecule has 0 radical (unpaired) electrons. The normalized spacial score (nSPS) is 21.3. The highest BCUT2D eigenvalue weighted by Crippen LogP contribution is 2.46. The predicted octanol–water partition coefficient (Wildman–Crippen LogP) is 4.67. The van der Waals surface area contributed by atoms with E-state index < -0.39 is 0 Å². The van der Waals surface area contributed by atoms with Crippen LogP contribution in [-0.4, -0.2) is 11.5 Å². The molecule has 2 aliphatic rings. The van der Waals surface area contributed by atoms with E-state index in [0.29, 0.717) is 6.04 Å². The fraction of sp³-hybridized carbons (Fsp3) is 0.500. The number of aryl methyl sites for hydroxylation is 1. The highest BCUT2D eigenvalue weighted by atomic mass is 32.1. The summed E-state index contributed by atoms with van der Waals surface area (Å²) in [5.41, 5.74) is 4.25. The number of benzene rings is 1. The van der Waals surface area contributed by atoms with Crippen LogP contribution in [0.1, 0.15) is 60.7 Å². The summed E-state index contributed by atoms with van der Waals surface area (Å²) < 4.78 is 0. The zero-order valence-electron chi connectivity index (χ0n) is 12.6. The van der Waals surface area contributed by atoms with Gasteiger partial charge in [-0.1, -0.05) is 31.2 Å². The Morgan fingerprint density at radius 3 is 2.90 bits per heavy atom. The first-order valence-electron chi connectivity index (χ1n) is 8.19. The molecule has 21 heavy (non-hydrogen) atoms. The monoisotopic (exact) mass is 298 g/mol. The van der Waals surface area contributed by atoms with E-state index in [1.807, 2.05) is 11.3 Å². The predicted molar refractivity (Wildman–Crippen MR) is 88.9 cm³/mol. The number of thiazole rings is 1. The lowest BCUT2D eigenvalue weighted by Gasteiger charge is -2.21. The summed E-state index contributed by atoms with van der Waals surface area (Å²) in [4.78, 5) is 6.49. The minimum Gasteiger partial charge on any atom is -0.309 e. The Hall–Kier alpha value is -1.19. The third kappa shape index (κ3) is 2.53. The van der Waals surface area contributed by atoms with Gasteiger partial charge in [-0.2, -0.15) is 0 Å². The van der Waals surface area contributed by atoms with Crippen LogP contribution in [-0.2, 0) is 6.42 Å². The minimum absolute atomic E-state index is 0.526. The summed E-state index contributed by atoms with van der Waals surface area (Å²) in [5, 5.41) is 4.87. The van der Waals surface area contributed by atoms with Crippen molar-refractivity contribution < 1.29 is 0 Å². The molecule has 0 spiro atoms. The summed E-state index contributed by atoms with van der Waals surface area (Å²) in [6, 6.07) is 9.42. The van der Waals surface area contributed by atoms with Crippen LogP contribution in [0.25, 0.3) is 10.6 Å². The molecule has 1 saturated carbocycles. The molecule has 3 heteroatoms. The van der Waals surface area contributed by atoms with Crippen LogP contribution in [0.2, 0.25) is 0 Å². The first-order chi connectivity index (χ1) is 10.4. The van der Waals surface area contributed by atoms with Gasteiger partial charge in [0.1, 0.15) is 5.01 Å². The van der Waals surface area contributed by atoms with Crippen LogP contribution in [0.15, 0.2) is 24.3 Å². The maximum Gasteiger partial charge on any atom is 0.124 e. The van der Waals surface area contributed by atoms with Crippen LogP contribution in [0.5, 0.6) is 0 Å². The van der Waals surface area contributed by atoms with Crippen molar-refractivity contribution in [2.75, 3.05) is 6.54 Å². The summed E-state index contributed by atoms with van der Waals surface area (Å²) in [6.45, 7) is 3.23. The van der Waals surface area contributed by atoms with Gasteiger partial charge in [-0.3, -0.25) is 0 Å². The second kappa shape index (κ2) is 5.54. The SMILES string of the molecule is CCNC1CCCc2nc(-c3ccccc3C3CC3)sc21. The number of hydrogen-bond acceptors (Lipinski definition) is 3. The molecule has 0 saturated heterocycles. The van der Waals surface area contributed by atoms with Gasteiger partial charge in [0, 0.05) is 16.5 Å². The molecule has 2 aliphatic carbocycles. The molecule has 2 aromatic rings. The van der Waals surface area contributed by atoms with Gasteiger partial charge in [0.2, 0.25) is 0 Å². The standard InChI is InChI=1S/C18H22N2S/c1-2-19-15-8-5-9-16-17(15)21-18(20-16)14-7-4-3-6-13(14)12-10-11-12/h3-4,6-7,12,15,19H,2,5,8-11H2,1H3. The van der Waals surface area contributed by atoms with E-state index in [1.54, 1.807) is 0 Å². The molecule has 4 rings (SSSR count). The zero-order valence-corrected chi connectivity index (χ0v) is 13.4. The second-order valence-electron chi connectivity index (χ2n) is 6.19. The van der Waals surface area contributed by atoms with Gasteiger partial charge in [0.05, 0.1) is 5.69 Å². The molecule has 110 valence electrons. The van der Waals surface area contributed by atoms with Gasteiger partial charge < -0.3 is 5.32 Å². The largest absolute Gasteiger partial charge is 0.309 e. The summed E-state index contributed by atoms with van der Waals surface area (Å²) in [7, 11) is 0. The molecule has 1 heterocycles. The van der Waals surface area contributed by atoms with Crippen molar-refractivity contribution in [3.05, 3.63) is 40.4 Å². The molecule has 1 fully saturated rings. The Labute approximate surface area is 130 Å². The van der Waals surface area contributed by atoms with Crippen LogP contribution >= 0.6 is 11.3 Å². The van der Waals surface area contributed by atoms with Crippen LogP contribution in [0.4, 0.5) is 0 Å². The molecule has 1 aromatic carbocycles. The number of nitrogens with zero attached hydrogens (tertiary/aromatic N) is 1. The molecule has 1 aromatic heterocycles. The summed E-state index contributed by atoms with van der Waals surface area (Å²) >= 11 is 1.92.